The lowest BCUT2D eigenvalue weighted by Gasteiger charge is -2.31. The Hall–Kier alpha value is -3.02. The topological polar surface area (TPSA) is 67.9 Å². The summed E-state index contributed by atoms with van der Waals surface area (Å²) in [6, 6.07) is 16.8. The van der Waals surface area contributed by atoms with Crippen molar-refractivity contribution in [2.75, 3.05) is 20.3 Å². The maximum Gasteiger partial charge on any atom is 0.261 e. The molecule has 2 aromatic carbocycles. The molecule has 172 valence electrons. The fourth-order valence-corrected chi connectivity index (χ4v) is 4.16. The van der Waals surface area contributed by atoms with Crippen LogP contribution in [0.2, 0.25) is 0 Å². The van der Waals surface area contributed by atoms with Crippen molar-refractivity contribution in [2.45, 2.75) is 57.5 Å². The molecule has 1 unspecified atom stereocenters. The summed E-state index contributed by atoms with van der Waals surface area (Å²) < 4.78 is 10.9. The largest absolute Gasteiger partial charge is 0.497 e. The summed E-state index contributed by atoms with van der Waals surface area (Å²) in [5.74, 6) is 1.06. The number of rotatable bonds is 11. The van der Waals surface area contributed by atoms with Gasteiger partial charge in [0.05, 0.1) is 7.11 Å². The van der Waals surface area contributed by atoms with Gasteiger partial charge in [0.1, 0.15) is 17.5 Å². The minimum absolute atomic E-state index is 0.0646. The van der Waals surface area contributed by atoms with E-state index in [1.165, 1.54) is 0 Å². The van der Waals surface area contributed by atoms with E-state index in [1.807, 2.05) is 37.3 Å². The summed E-state index contributed by atoms with van der Waals surface area (Å²) in [6.45, 7) is 2.30. The molecule has 0 radical (unpaired) electrons. The average Bonchev–Trinajstić information content (AvgIpc) is 3.34. The summed E-state index contributed by atoms with van der Waals surface area (Å²) in [6.07, 6.45) is 5.56. The first-order valence-corrected chi connectivity index (χ1v) is 11.5. The molecule has 1 fully saturated rings. The van der Waals surface area contributed by atoms with E-state index in [2.05, 4.69) is 5.32 Å². The predicted octanol–water partition coefficient (Wildman–Crippen LogP) is 3.98. The van der Waals surface area contributed by atoms with E-state index in [0.717, 1.165) is 37.0 Å². The molecule has 2 aromatic rings. The first-order valence-electron chi connectivity index (χ1n) is 11.5. The molecule has 1 saturated carbocycles. The van der Waals surface area contributed by atoms with Crippen LogP contribution in [0.15, 0.2) is 54.6 Å². The van der Waals surface area contributed by atoms with Crippen molar-refractivity contribution in [3.05, 3.63) is 60.2 Å². The second-order valence-electron chi connectivity index (χ2n) is 8.20. The van der Waals surface area contributed by atoms with Gasteiger partial charge in [-0.05, 0) is 55.5 Å². The van der Waals surface area contributed by atoms with E-state index in [4.69, 9.17) is 9.47 Å². The standard InChI is InChI=1S/C26H34N2O4/c1-3-24(26(30)27-21-11-7-8-12-21)28(18-17-20-9-5-4-6-10-20)25(29)19-32-23-15-13-22(31-2)14-16-23/h4-6,9-10,13-16,21,24H,3,7-8,11-12,17-19H2,1-2H3,(H,27,30). The van der Waals surface area contributed by atoms with Gasteiger partial charge in [0.25, 0.3) is 5.91 Å². The molecule has 1 aliphatic rings. The van der Waals surface area contributed by atoms with Gasteiger partial charge in [-0.3, -0.25) is 9.59 Å². The highest BCUT2D eigenvalue weighted by molar-refractivity contribution is 5.88. The molecule has 1 atom stereocenters. The number of carbonyl (C=O) groups is 2. The molecule has 0 spiro atoms. The summed E-state index contributed by atoms with van der Waals surface area (Å²) in [5.41, 5.74) is 1.13. The summed E-state index contributed by atoms with van der Waals surface area (Å²) in [5, 5.41) is 3.16. The predicted molar refractivity (Wildman–Crippen MR) is 125 cm³/mol. The summed E-state index contributed by atoms with van der Waals surface area (Å²) in [7, 11) is 1.60. The van der Waals surface area contributed by atoms with Gasteiger partial charge in [0, 0.05) is 12.6 Å². The molecule has 3 rings (SSSR count). The molecule has 32 heavy (non-hydrogen) atoms. The molecule has 0 saturated heterocycles. The third kappa shape index (κ3) is 6.74. The van der Waals surface area contributed by atoms with Crippen LogP contribution >= 0.6 is 0 Å². The lowest BCUT2D eigenvalue weighted by atomic mass is 10.1. The van der Waals surface area contributed by atoms with Crippen LogP contribution in [0.25, 0.3) is 0 Å². The van der Waals surface area contributed by atoms with Crippen LogP contribution in [0, 0.1) is 0 Å². The summed E-state index contributed by atoms with van der Waals surface area (Å²) >= 11 is 0. The van der Waals surface area contributed by atoms with Gasteiger partial charge in [0.15, 0.2) is 6.61 Å². The number of benzene rings is 2. The van der Waals surface area contributed by atoms with E-state index < -0.39 is 6.04 Å². The van der Waals surface area contributed by atoms with Crippen LogP contribution in [0.4, 0.5) is 0 Å². The molecule has 2 amide bonds. The number of nitrogens with zero attached hydrogens (tertiary/aromatic N) is 1. The number of hydrogen-bond donors (Lipinski definition) is 1. The van der Waals surface area contributed by atoms with Crippen molar-refractivity contribution in [2.24, 2.45) is 0 Å². The molecule has 0 aromatic heterocycles. The molecule has 0 aliphatic heterocycles. The third-order valence-electron chi connectivity index (χ3n) is 5.99. The maximum atomic E-state index is 13.2. The van der Waals surface area contributed by atoms with Crippen LogP contribution < -0.4 is 14.8 Å². The van der Waals surface area contributed by atoms with Crippen LogP contribution in [0.3, 0.4) is 0 Å². The second-order valence-corrected chi connectivity index (χ2v) is 8.20. The zero-order valence-electron chi connectivity index (χ0n) is 19.1. The number of nitrogens with one attached hydrogen (secondary N) is 1. The Bertz CT molecular complexity index is 848. The van der Waals surface area contributed by atoms with Gasteiger partial charge in [-0.15, -0.1) is 0 Å². The Balaban J connectivity index is 1.68. The molecule has 1 aliphatic carbocycles. The summed E-state index contributed by atoms with van der Waals surface area (Å²) in [4.78, 5) is 28.0. The fraction of sp³-hybridized carbons (Fsp3) is 0.462. The van der Waals surface area contributed by atoms with Crippen molar-refractivity contribution < 1.29 is 19.1 Å². The molecule has 6 nitrogen and oxygen atoms in total. The SMILES string of the molecule is CCC(C(=O)NC1CCCC1)N(CCc1ccccc1)C(=O)COc1ccc(OC)cc1. The normalized spacial score (nSPS) is 14.6. The van der Waals surface area contributed by atoms with Gasteiger partial charge in [0.2, 0.25) is 5.91 Å². The van der Waals surface area contributed by atoms with Gasteiger partial charge < -0.3 is 19.7 Å². The Labute approximate surface area is 190 Å². The number of ether oxygens (including phenoxy) is 2. The zero-order valence-corrected chi connectivity index (χ0v) is 19.1. The molecule has 0 heterocycles. The molecule has 0 bridgehead atoms. The smallest absolute Gasteiger partial charge is 0.261 e. The monoisotopic (exact) mass is 438 g/mol. The van der Waals surface area contributed by atoms with Crippen molar-refractivity contribution >= 4 is 11.8 Å². The van der Waals surface area contributed by atoms with Gasteiger partial charge in [-0.2, -0.15) is 0 Å². The fourth-order valence-electron chi connectivity index (χ4n) is 4.16. The van der Waals surface area contributed by atoms with Gasteiger partial charge in [-0.1, -0.05) is 50.1 Å². The highest BCUT2D eigenvalue weighted by Crippen LogP contribution is 2.20. The first kappa shape index (κ1) is 23.6. The zero-order chi connectivity index (χ0) is 22.8. The van der Waals surface area contributed by atoms with E-state index in [9.17, 15) is 9.59 Å². The first-order chi connectivity index (χ1) is 15.6. The maximum absolute atomic E-state index is 13.2. The van der Waals surface area contributed by atoms with Gasteiger partial charge >= 0.3 is 0 Å². The van der Waals surface area contributed by atoms with Crippen molar-refractivity contribution in [1.29, 1.82) is 0 Å². The highest BCUT2D eigenvalue weighted by atomic mass is 16.5. The number of carbonyl (C=O) groups excluding carboxylic acids is 2. The molecular weight excluding hydrogens is 404 g/mol. The lowest BCUT2D eigenvalue weighted by Crippen LogP contribution is -2.52. The van der Waals surface area contributed by atoms with Crippen molar-refractivity contribution in [3.8, 4) is 11.5 Å². The van der Waals surface area contributed by atoms with Crippen LogP contribution in [0.1, 0.15) is 44.6 Å². The van der Waals surface area contributed by atoms with E-state index in [1.54, 1.807) is 36.3 Å². The molecular formula is C26H34N2O4. The van der Waals surface area contributed by atoms with Crippen LogP contribution in [-0.2, 0) is 16.0 Å². The van der Waals surface area contributed by atoms with E-state index in [0.29, 0.717) is 25.1 Å². The number of methoxy groups -OCH3 is 1. The minimum Gasteiger partial charge on any atom is -0.497 e. The minimum atomic E-state index is -0.508. The molecule has 6 heteroatoms. The number of hydrogen-bond acceptors (Lipinski definition) is 4. The average molecular weight is 439 g/mol. The lowest BCUT2D eigenvalue weighted by molar-refractivity contribution is -0.142. The molecule has 1 N–H and O–H groups in total. The van der Waals surface area contributed by atoms with Gasteiger partial charge in [-0.25, -0.2) is 0 Å². The van der Waals surface area contributed by atoms with Crippen molar-refractivity contribution in [3.63, 3.8) is 0 Å². The Kier molecular flexibility index (Phi) is 8.96. The van der Waals surface area contributed by atoms with Crippen LogP contribution in [0.5, 0.6) is 11.5 Å². The van der Waals surface area contributed by atoms with Crippen molar-refractivity contribution in [1.82, 2.24) is 10.2 Å². The highest BCUT2D eigenvalue weighted by Gasteiger charge is 2.30. The quantitative estimate of drug-likeness (QED) is 0.576. The van der Waals surface area contributed by atoms with E-state index >= 15 is 0 Å². The Morgan fingerprint density at radius 3 is 2.31 bits per heavy atom. The Morgan fingerprint density at radius 1 is 1.03 bits per heavy atom. The number of amides is 2. The third-order valence-corrected chi connectivity index (χ3v) is 5.99. The Morgan fingerprint density at radius 2 is 1.69 bits per heavy atom. The second kappa shape index (κ2) is 12.1. The van der Waals surface area contributed by atoms with Crippen LogP contribution in [-0.4, -0.2) is 49.1 Å². The van der Waals surface area contributed by atoms with E-state index in [-0.39, 0.29) is 24.5 Å².